The maximum Gasteiger partial charge on any atom is 0.469 e. The van der Waals surface area contributed by atoms with E-state index < -0.39 is 44.7 Å². The van der Waals surface area contributed by atoms with E-state index in [2.05, 4.69) is 25.3 Å². The summed E-state index contributed by atoms with van der Waals surface area (Å²) in [4.78, 5) is 42.6. The summed E-state index contributed by atoms with van der Waals surface area (Å²) in [6.07, 6.45) is 27.8. The van der Waals surface area contributed by atoms with Crippen LogP contribution in [0.1, 0.15) is 136 Å². The van der Waals surface area contributed by atoms with Crippen LogP contribution < -0.4 is 0 Å². The molecule has 4 N–H and O–H groups in total. The Bertz CT molecular complexity index is 969. The smallest absolute Gasteiger partial charge is 0.462 e. The Balaban J connectivity index is 4.29. The molecule has 278 valence electrons. The van der Waals surface area contributed by atoms with Crippen molar-refractivity contribution >= 4 is 19.8 Å². The Morgan fingerprint density at radius 3 is 1.75 bits per heavy atom. The van der Waals surface area contributed by atoms with Gasteiger partial charge < -0.3 is 29.5 Å². The molecule has 0 aliphatic rings. The second-order valence-corrected chi connectivity index (χ2v) is 14.0. The minimum absolute atomic E-state index is 0.0373. The highest BCUT2D eigenvalue weighted by molar-refractivity contribution is 7.46. The molecule has 0 unspecified atom stereocenters. The van der Waals surface area contributed by atoms with E-state index >= 15 is 0 Å². The Morgan fingerprint density at radius 2 is 1.19 bits per heavy atom. The van der Waals surface area contributed by atoms with E-state index in [9.17, 15) is 24.4 Å². The Morgan fingerprint density at radius 1 is 0.667 bits per heavy atom. The van der Waals surface area contributed by atoms with Gasteiger partial charge in [-0.15, -0.1) is 0 Å². The number of carbonyl (C=O) groups is 2. The number of ether oxygens (including phenoxy) is 2. The highest BCUT2D eigenvalue weighted by Gasteiger charge is 2.23. The monoisotopic (exact) mass is 700 g/mol. The second kappa shape index (κ2) is 30.9. The number of rotatable bonds is 31. The van der Waals surface area contributed by atoms with E-state index in [0.29, 0.717) is 25.7 Å². The predicted octanol–water partition coefficient (Wildman–Crippen LogP) is 8.20. The number of carbonyl (C=O) groups excluding carboxylic acids is 2. The zero-order valence-electron chi connectivity index (χ0n) is 29.8. The van der Waals surface area contributed by atoms with Gasteiger partial charge in [0.2, 0.25) is 0 Å². The van der Waals surface area contributed by atoms with Crippen LogP contribution in [0.2, 0.25) is 0 Å². The molecule has 0 aromatic carbocycles. The molecule has 0 radical (unpaired) electrons. The van der Waals surface area contributed by atoms with Gasteiger partial charge in [-0.1, -0.05) is 140 Å². The summed E-state index contributed by atoms with van der Waals surface area (Å²) in [7, 11) is -4.81. The average molecular weight is 701 g/mol. The SMILES string of the molecule is CCCCC[C@@H](O)/C=C/C=C\C/C=C\C=C\[C@@H](O)CCCC(=O)O[C@H](COC(=O)CCCCCCCCCCC(C)C)COP(=O)(O)O. The van der Waals surface area contributed by atoms with Crippen LogP contribution in [0.4, 0.5) is 0 Å². The highest BCUT2D eigenvalue weighted by atomic mass is 31.2. The lowest BCUT2D eigenvalue weighted by atomic mass is 10.0. The minimum Gasteiger partial charge on any atom is -0.462 e. The molecular weight excluding hydrogens is 635 g/mol. The molecule has 0 saturated heterocycles. The average Bonchev–Trinajstić information content (AvgIpc) is 3.02. The van der Waals surface area contributed by atoms with E-state index in [-0.39, 0.29) is 19.4 Å². The molecule has 0 aliphatic carbocycles. The summed E-state index contributed by atoms with van der Waals surface area (Å²) < 4.78 is 26.1. The molecule has 0 heterocycles. The number of hydrogen-bond acceptors (Lipinski definition) is 8. The molecule has 48 heavy (non-hydrogen) atoms. The fourth-order valence-electron chi connectivity index (χ4n) is 4.71. The molecule has 11 heteroatoms. The molecule has 10 nitrogen and oxygen atoms in total. The molecular formula is C37H65O10P. The van der Waals surface area contributed by atoms with Crippen LogP contribution in [0.3, 0.4) is 0 Å². The van der Waals surface area contributed by atoms with Crippen molar-refractivity contribution in [3.8, 4) is 0 Å². The summed E-state index contributed by atoms with van der Waals surface area (Å²) in [5.41, 5.74) is 0. The van der Waals surface area contributed by atoms with Crippen LogP contribution in [-0.4, -0.2) is 63.5 Å². The van der Waals surface area contributed by atoms with Crippen molar-refractivity contribution in [2.75, 3.05) is 13.2 Å². The first-order valence-corrected chi connectivity index (χ1v) is 19.5. The van der Waals surface area contributed by atoms with Crippen molar-refractivity contribution in [1.29, 1.82) is 0 Å². The maximum atomic E-state index is 12.3. The summed E-state index contributed by atoms with van der Waals surface area (Å²) in [5, 5.41) is 20.0. The van der Waals surface area contributed by atoms with Gasteiger partial charge in [0.05, 0.1) is 18.8 Å². The van der Waals surface area contributed by atoms with Crippen LogP contribution in [0, 0.1) is 5.92 Å². The van der Waals surface area contributed by atoms with Crippen LogP contribution >= 0.6 is 7.82 Å². The molecule has 0 fully saturated rings. The van der Waals surface area contributed by atoms with Gasteiger partial charge in [0, 0.05) is 12.8 Å². The number of hydrogen-bond donors (Lipinski definition) is 4. The summed E-state index contributed by atoms with van der Waals surface area (Å²) in [5.74, 6) is -0.363. The first-order valence-electron chi connectivity index (χ1n) is 18.0. The number of phosphoric ester groups is 1. The summed E-state index contributed by atoms with van der Waals surface area (Å²) >= 11 is 0. The molecule has 0 aromatic heterocycles. The van der Waals surface area contributed by atoms with Crippen LogP contribution in [0.15, 0.2) is 48.6 Å². The predicted molar refractivity (Wildman–Crippen MR) is 191 cm³/mol. The van der Waals surface area contributed by atoms with Gasteiger partial charge in [-0.3, -0.25) is 14.1 Å². The van der Waals surface area contributed by atoms with E-state index in [1.54, 1.807) is 18.2 Å². The van der Waals surface area contributed by atoms with Gasteiger partial charge in [-0.05, 0) is 38.0 Å². The first-order chi connectivity index (χ1) is 22.9. The van der Waals surface area contributed by atoms with Gasteiger partial charge in [0.1, 0.15) is 6.61 Å². The summed E-state index contributed by atoms with van der Waals surface area (Å²) in [6.45, 7) is 5.63. The van der Waals surface area contributed by atoms with E-state index in [1.165, 1.54) is 32.1 Å². The van der Waals surface area contributed by atoms with Gasteiger partial charge in [0.25, 0.3) is 0 Å². The molecule has 0 bridgehead atoms. The fraction of sp³-hybridized carbons (Fsp3) is 0.730. The lowest BCUT2D eigenvalue weighted by molar-refractivity contribution is -0.161. The van der Waals surface area contributed by atoms with Crippen molar-refractivity contribution in [3.05, 3.63) is 48.6 Å². The van der Waals surface area contributed by atoms with Gasteiger partial charge in [-0.2, -0.15) is 0 Å². The molecule has 3 atom stereocenters. The molecule has 0 amide bonds. The van der Waals surface area contributed by atoms with Crippen LogP contribution in [0.25, 0.3) is 0 Å². The van der Waals surface area contributed by atoms with Crippen molar-refractivity contribution in [1.82, 2.24) is 0 Å². The Labute approximate surface area is 290 Å². The number of aliphatic hydroxyl groups is 2. The number of aliphatic hydroxyl groups excluding tert-OH is 2. The Hall–Kier alpha value is -2.07. The fourth-order valence-corrected chi connectivity index (χ4v) is 5.07. The van der Waals surface area contributed by atoms with Crippen molar-refractivity contribution in [3.63, 3.8) is 0 Å². The standard InChI is InChI=1S/C37H65O10P/c1-4-5-17-24-33(38)25-19-14-10-8-11-15-20-26-34(39)27-22-29-37(41)47-35(31-46-48(42,43)44)30-45-36(40)28-21-16-12-7-6-9-13-18-23-32(2)3/h10-11,14-15,19-20,25-26,32-35,38-39H,4-9,12-13,16-18,21-24,27-31H2,1-3H3,(H2,42,43,44)/b14-10-,15-11-,25-19+,26-20+/t33-,34-,35-/m1/s1. The lowest BCUT2D eigenvalue weighted by Gasteiger charge is -2.18. The molecule has 0 spiro atoms. The lowest BCUT2D eigenvalue weighted by Crippen LogP contribution is -2.29. The normalized spacial score (nSPS) is 14.5. The number of allylic oxidation sites excluding steroid dienone is 6. The molecule has 0 rings (SSSR count). The van der Waals surface area contributed by atoms with E-state index in [1.807, 2.05) is 30.4 Å². The van der Waals surface area contributed by atoms with Crippen molar-refractivity contribution in [2.24, 2.45) is 5.92 Å². The topological polar surface area (TPSA) is 160 Å². The first kappa shape index (κ1) is 45.9. The maximum absolute atomic E-state index is 12.3. The third kappa shape index (κ3) is 33.8. The number of esters is 2. The van der Waals surface area contributed by atoms with Gasteiger partial charge in [-0.25, -0.2) is 4.57 Å². The Kier molecular flexibility index (Phi) is 29.6. The quantitative estimate of drug-likeness (QED) is 0.0240. The molecule has 0 aromatic rings. The second-order valence-electron chi connectivity index (χ2n) is 12.7. The molecule has 0 aliphatic heterocycles. The van der Waals surface area contributed by atoms with Crippen LogP contribution in [-0.2, 0) is 28.2 Å². The van der Waals surface area contributed by atoms with E-state index in [0.717, 1.165) is 50.9 Å². The largest absolute Gasteiger partial charge is 0.469 e. The van der Waals surface area contributed by atoms with Gasteiger partial charge >= 0.3 is 19.8 Å². The van der Waals surface area contributed by atoms with Crippen molar-refractivity contribution in [2.45, 2.75) is 155 Å². The summed E-state index contributed by atoms with van der Waals surface area (Å²) in [6, 6.07) is 0. The zero-order chi connectivity index (χ0) is 35.9. The van der Waals surface area contributed by atoms with Crippen molar-refractivity contribution < 1.29 is 48.2 Å². The minimum atomic E-state index is -4.81. The molecule has 0 saturated carbocycles. The third-order valence-corrected chi connectivity index (χ3v) is 7.97. The van der Waals surface area contributed by atoms with Crippen LogP contribution in [0.5, 0.6) is 0 Å². The number of phosphoric acid groups is 1. The van der Waals surface area contributed by atoms with E-state index in [4.69, 9.17) is 19.3 Å². The zero-order valence-corrected chi connectivity index (χ0v) is 30.7. The van der Waals surface area contributed by atoms with Gasteiger partial charge in [0.15, 0.2) is 6.10 Å². The number of unbranched alkanes of at least 4 members (excludes halogenated alkanes) is 9. The highest BCUT2D eigenvalue weighted by Crippen LogP contribution is 2.36. The third-order valence-electron chi connectivity index (χ3n) is 7.49.